The topological polar surface area (TPSA) is 47.9 Å². The summed E-state index contributed by atoms with van der Waals surface area (Å²) in [7, 11) is 0. The van der Waals surface area contributed by atoms with E-state index in [1.165, 1.54) is 5.06 Å². The first-order valence-electron chi connectivity index (χ1n) is 5.02. The zero-order valence-corrected chi connectivity index (χ0v) is 8.88. The minimum Gasteiger partial charge on any atom is -0.311 e. The predicted molar refractivity (Wildman–Crippen MR) is 58.5 cm³/mol. The second-order valence-electron chi connectivity index (χ2n) is 3.75. The van der Waals surface area contributed by atoms with Gasteiger partial charge in [0.05, 0.1) is 11.8 Å². The molecule has 1 aliphatic heterocycles. The molecule has 80 valence electrons. The van der Waals surface area contributed by atoms with E-state index in [2.05, 4.69) is 10.5 Å². The van der Waals surface area contributed by atoms with Crippen LogP contribution in [0.25, 0.3) is 0 Å². The number of nitrogens with zero attached hydrogens (tertiary/aromatic N) is 2. The first-order chi connectivity index (χ1) is 7.20. The molecule has 0 radical (unpaired) electrons. The number of hydroxylamine groups is 2. The lowest BCUT2D eigenvalue weighted by atomic mass is 10.1. The molecule has 1 aromatic rings. The van der Waals surface area contributed by atoms with Gasteiger partial charge in [0.2, 0.25) is 0 Å². The average molecular weight is 205 g/mol. The summed E-state index contributed by atoms with van der Waals surface area (Å²) in [6.07, 6.45) is -0.259. The molecule has 2 unspecified atom stereocenters. The summed E-state index contributed by atoms with van der Waals surface area (Å²) in [6.45, 7) is 3.82. The second kappa shape index (κ2) is 4.00. The van der Waals surface area contributed by atoms with Crippen molar-refractivity contribution in [2.75, 3.05) is 0 Å². The molecule has 4 heteroatoms. The molecule has 15 heavy (non-hydrogen) atoms. The van der Waals surface area contributed by atoms with Crippen molar-refractivity contribution in [1.29, 1.82) is 0 Å². The molecule has 1 aliphatic rings. The van der Waals surface area contributed by atoms with Gasteiger partial charge >= 0.3 is 0 Å². The maximum absolute atomic E-state index is 9.95. The van der Waals surface area contributed by atoms with Gasteiger partial charge in [0.15, 0.2) is 0 Å². The van der Waals surface area contributed by atoms with Crippen molar-refractivity contribution in [1.82, 2.24) is 10.5 Å². The number of rotatable bonds is 1. The van der Waals surface area contributed by atoms with Crippen molar-refractivity contribution in [2.45, 2.75) is 26.1 Å². The van der Waals surface area contributed by atoms with Gasteiger partial charge in [-0.05, 0) is 19.4 Å². The lowest BCUT2D eigenvalue weighted by molar-refractivity contribution is -0.155. The zero-order chi connectivity index (χ0) is 10.8. The van der Waals surface area contributed by atoms with E-state index < -0.39 is 0 Å². The molecule has 0 amide bonds. The quantitative estimate of drug-likeness (QED) is 0.734. The minimum atomic E-state index is -0.259. The Labute approximate surface area is 89.2 Å². The Hall–Kier alpha value is -1.39. The Balaban J connectivity index is 2.26. The van der Waals surface area contributed by atoms with Crippen LogP contribution in [0.2, 0.25) is 0 Å². The van der Waals surface area contributed by atoms with Gasteiger partial charge in [-0.3, -0.25) is 5.43 Å². The lowest BCUT2D eigenvalue weighted by Crippen LogP contribution is -2.47. The maximum atomic E-state index is 9.95. The summed E-state index contributed by atoms with van der Waals surface area (Å²) < 4.78 is 0. The van der Waals surface area contributed by atoms with Crippen LogP contribution in [0.4, 0.5) is 0 Å². The average Bonchev–Trinajstić information content (AvgIpc) is 2.27. The molecule has 0 fully saturated rings. The van der Waals surface area contributed by atoms with Crippen LogP contribution in [0.15, 0.2) is 35.4 Å². The fraction of sp³-hybridized carbons (Fsp3) is 0.364. The van der Waals surface area contributed by atoms with Gasteiger partial charge in [0, 0.05) is 0 Å². The summed E-state index contributed by atoms with van der Waals surface area (Å²) >= 11 is 0. The van der Waals surface area contributed by atoms with Crippen LogP contribution < -0.4 is 5.43 Å². The highest BCUT2D eigenvalue weighted by molar-refractivity contribution is 5.87. The molecule has 0 aliphatic carbocycles. The SMILES string of the molecule is CC1=NNC(c2ccccc2)N(O)C1C. The Kier molecular flexibility index (Phi) is 2.70. The van der Waals surface area contributed by atoms with Gasteiger partial charge in [-0.2, -0.15) is 10.2 Å². The second-order valence-corrected chi connectivity index (χ2v) is 3.75. The van der Waals surface area contributed by atoms with Crippen molar-refractivity contribution in [3.05, 3.63) is 35.9 Å². The molecule has 0 saturated heterocycles. The van der Waals surface area contributed by atoms with Crippen LogP contribution in [-0.4, -0.2) is 22.0 Å². The van der Waals surface area contributed by atoms with E-state index in [1.54, 1.807) is 0 Å². The Morgan fingerprint density at radius 3 is 2.67 bits per heavy atom. The van der Waals surface area contributed by atoms with Crippen molar-refractivity contribution in [2.24, 2.45) is 5.10 Å². The van der Waals surface area contributed by atoms with Crippen LogP contribution in [0.5, 0.6) is 0 Å². The number of benzene rings is 1. The van der Waals surface area contributed by atoms with Gasteiger partial charge in [0.25, 0.3) is 0 Å². The molecule has 1 aromatic carbocycles. The van der Waals surface area contributed by atoms with E-state index in [9.17, 15) is 5.21 Å². The third-order valence-electron chi connectivity index (χ3n) is 2.74. The third-order valence-corrected chi connectivity index (χ3v) is 2.74. The highest BCUT2D eigenvalue weighted by Crippen LogP contribution is 2.21. The molecule has 2 atom stereocenters. The molecule has 1 heterocycles. The number of hydrazone groups is 1. The summed E-state index contributed by atoms with van der Waals surface area (Å²) in [5.74, 6) is 0. The van der Waals surface area contributed by atoms with Crippen LogP contribution in [0.3, 0.4) is 0 Å². The van der Waals surface area contributed by atoms with E-state index in [-0.39, 0.29) is 12.2 Å². The Morgan fingerprint density at radius 2 is 2.00 bits per heavy atom. The fourth-order valence-electron chi connectivity index (χ4n) is 1.59. The summed E-state index contributed by atoms with van der Waals surface area (Å²) in [6, 6.07) is 9.71. The smallest absolute Gasteiger partial charge is 0.145 e. The molecule has 0 saturated carbocycles. The van der Waals surface area contributed by atoms with Crippen molar-refractivity contribution < 1.29 is 5.21 Å². The van der Waals surface area contributed by atoms with E-state index in [0.29, 0.717) is 0 Å². The summed E-state index contributed by atoms with van der Waals surface area (Å²) in [4.78, 5) is 0. The molecular formula is C11H15N3O. The summed E-state index contributed by atoms with van der Waals surface area (Å²) in [5, 5.41) is 15.4. The van der Waals surface area contributed by atoms with E-state index in [0.717, 1.165) is 11.3 Å². The molecular weight excluding hydrogens is 190 g/mol. The lowest BCUT2D eigenvalue weighted by Gasteiger charge is -2.34. The predicted octanol–water partition coefficient (Wildman–Crippen LogP) is 1.74. The van der Waals surface area contributed by atoms with Crippen LogP contribution in [0.1, 0.15) is 25.6 Å². The number of hydrogen-bond acceptors (Lipinski definition) is 4. The van der Waals surface area contributed by atoms with E-state index >= 15 is 0 Å². The first-order valence-corrected chi connectivity index (χ1v) is 5.02. The van der Waals surface area contributed by atoms with Gasteiger partial charge in [-0.1, -0.05) is 30.3 Å². The van der Waals surface area contributed by atoms with Crippen LogP contribution in [-0.2, 0) is 0 Å². The number of hydrogen-bond donors (Lipinski definition) is 2. The molecule has 4 nitrogen and oxygen atoms in total. The highest BCUT2D eigenvalue weighted by Gasteiger charge is 2.28. The van der Waals surface area contributed by atoms with Crippen molar-refractivity contribution >= 4 is 5.71 Å². The van der Waals surface area contributed by atoms with Gasteiger partial charge in [-0.15, -0.1) is 0 Å². The standard InChI is InChI=1S/C11H15N3O/c1-8-9(2)14(15)11(13-12-8)10-6-4-3-5-7-10/h3-7,9,11,13,15H,1-2H3. The third kappa shape index (κ3) is 1.86. The van der Waals surface area contributed by atoms with Crippen molar-refractivity contribution in [3.8, 4) is 0 Å². The van der Waals surface area contributed by atoms with E-state index in [4.69, 9.17) is 0 Å². The molecule has 0 aromatic heterocycles. The van der Waals surface area contributed by atoms with Gasteiger partial charge < -0.3 is 5.21 Å². The summed E-state index contributed by atoms with van der Waals surface area (Å²) in [5.41, 5.74) is 4.81. The molecule has 0 spiro atoms. The Bertz CT molecular complexity index is 363. The first kappa shape index (κ1) is 10.1. The maximum Gasteiger partial charge on any atom is 0.145 e. The fourth-order valence-corrected chi connectivity index (χ4v) is 1.59. The van der Waals surface area contributed by atoms with Crippen molar-refractivity contribution in [3.63, 3.8) is 0 Å². The van der Waals surface area contributed by atoms with Gasteiger partial charge in [0.1, 0.15) is 6.17 Å². The van der Waals surface area contributed by atoms with E-state index in [1.807, 2.05) is 44.2 Å². The van der Waals surface area contributed by atoms with Gasteiger partial charge in [-0.25, -0.2) is 0 Å². The largest absolute Gasteiger partial charge is 0.311 e. The molecule has 2 rings (SSSR count). The highest BCUT2D eigenvalue weighted by atomic mass is 16.5. The van der Waals surface area contributed by atoms with Crippen LogP contribution >= 0.6 is 0 Å². The normalized spacial score (nSPS) is 27.0. The molecule has 0 bridgehead atoms. The number of nitrogens with one attached hydrogen (secondary N) is 1. The zero-order valence-electron chi connectivity index (χ0n) is 8.88. The minimum absolute atomic E-state index is 0.0588. The van der Waals surface area contributed by atoms with Crippen LogP contribution in [0, 0.1) is 0 Å². The monoisotopic (exact) mass is 205 g/mol. The molecule has 2 N–H and O–H groups in total. The Morgan fingerprint density at radius 1 is 1.33 bits per heavy atom.